The summed E-state index contributed by atoms with van der Waals surface area (Å²) in [5.74, 6) is 0.946. The van der Waals surface area contributed by atoms with Gasteiger partial charge in [0.15, 0.2) is 0 Å². The van der Waals surface area contributed by atoms with Gasteiger partial charge >= 0.3 is 0 Å². The lowest BCUT2D eigenvalue weighted by Crippen LogP contribution is -2.47. The largest absolute Gasteiger partial charge is 0.393 e. The highest BCUT2D eigenvalue weighted by atomic mass is 32.1. The first-order chi connectivity index (χ1) is 6.63. The average Bonchev–Trinajstić information content (AvgIpc) is 2.83. The fourth-order valence-corrected chi connectivity index (χ4v) is 2.32. The number of hydrogen-bond acceptors (Lipinski definition) is 3. The van der Waals surface area contributed by atoms with Gasteiger partial charge in [0, 0.05) is 12.5 Å². The topological polar surface area (TPSA) is 49.3 Å². The van der Waals surface area contributed by atoms with Crippen molar-refractivity contribution in [2.75, 3.05) is 5.75 Å². The number of aliphatic hydroxyl groups excluding tert-OH is 1. The summed E-state index contributed by atoms with van der Waals surface area (Å²) >= 11 is 4.26. The van der Waals surface area contributed by atoms with E-state index >= 15 is 0 Å². The van der Waals surface area contributed by atoms with Crippen LogP contribution < -0.4 is 5.32 Å². The quantitative estimate of drug-likeness (QED) is 0.605. The molecule has 2 rings (SSSR count). The Morgan fingerprint density at radius 1 is 1.50 bits per heavy atom. The third kappa shape index (κ3) is 2.23. The van der Waals surface area contributed by atoms with E-state index in [1.807, 2.05) is 0 Å². The minimum atomic E-state index is -0.194. The molecule has 1 amide bonds. The van der Waals surface area contributed by atoms with Crippen LogP contribution >= 0.6 is 12.6 Å². The van der Waals surface area contributed by atoms with Crippen molar-refractivity contribution in [3.8, 4) is 0 Å². The summed E-state index contributed by atoms with van der Waals surface area (Å²) in [6.45, 7) is 0. The van der Waals surface area contributed by atoms with Gasteiger partial charge in [0.1, 0.15) is 0 Å². The van der Waals surface area contributed by atoms with Crippen molar-refractivity contribution in [2.45, 2.75) is 44.2 Å². The first-order valence-corrected chi connectivity index (χ1v) is 5.85. The summed E-state index contributed by atoms with van der Waals surface area (Å²) in [5.41, 5.74) is 0.204. The molecule has 0 saturated heterocycles. The standard InChI is InChI=1S/C10H17NO2S/c12-8-3-7(4-8)11-9(13)5-10(6-14)1-2-10/h7-8,12,14H,1-6H2,(H,11,13). The first kappa shape index (κ1) is 10.3. The van der Waals surface area contributed by atoms with E-state index in [1.54, 1.807) is 0 Å². The Kier molecular flexibility index (Phi) is 2.75. The van der Waals surface area contributed by atoms with Crippen LogP contribution in [0.15, 0.2) is 0 Å². The average molecular weight is 215 g/mol. The maximum Gasteiger partial charge on any atom is 0.220 e. The van der Waals surface area contributed by atoms with E-state index in [0.717, 1.165) is 31.4 Å². The molecule has 14 heavy (non-hydrogen) atoms. The molecule has 0 heterocycles. The normalized spacial score (nSPS) is 33.3. The Labute approximate surface area is 89.7 Å². The lowest BCUT2D eigenvalue weighted by atomic mass is 9.89. The molecule has 80 valence electrons. The third-order valence-corrected chi connectivity index (χ3v) is 3.98. The molecule has 0 atom stereocenters. The third-order valence-electron chi connectivity index (χ3n) is 3.31. The lowest BCUT2D eigenvalue weighted by Gasteiger charge is -2.32. The van der Waals surface area contributed by atoms with E-state index in [9.17, 15) is 4.79 Å². The van der Waals surface area contributed by atoms with Crippen LogP contribution in [0.4, 0.5) is 0 Å². The van der Waals surface area contributed by atoms with Gasteiger partial charge in [-0.15, -0.1) is 0 Å². The molecule has 0 radical (unpaired) electrons. The van der Waals surface area contributed by atoms with Crippen LogP contribution in [-0.2, 0) is 4.79 Å². The molecule has 2 N–H and O–H groups in total. The van der Waals surface area contributed by atoms with Crippen LogP contribution in [0, 0.1) is 5.41 Å². The maximum atomic E-state index is 11.5. The second kappa shape index (κ2) is 3.74. The van der Waals surface area contributed by atoms with Gasteiger partial charge in [-0.05, 0) is 36.9 Å². The van der Waals surface area contributed by atoms with Crippen LogP contribution in [-0.4, -0.2) is 28.9 Å². The Hall–Kier alpha value is -0.220. The van der Waals surface area contributed by atoms with Gasteiger partial charge in [-0.1, -0.05) is 0 Å². The number of carbonyl (C=O) groups excluding carboxylic acids is 1. The smallest absolute Gasteiger partial charge is 0.220 e. The summed E-state index contributed by atoms with van der Waals surface area (Å²) in [6, 6.07) is 0.216. The molecular formula is C10H17NO2S. The number of aliphatic hydroxyl groups is 1. The van der Waals surface area contributed by atoms with Crippen LogP contribution in [0.5, 0.6) is 0 Å². The van der Waals surface area contributed by atoms with Gasteiger partial charge in [-0.2, -0.15) is 12.6 Å². The minimum Gasteiger partial charge on any atom is -0.393 e. The highest BCUT2D eigenvalue weighted by Gasteiger charge is 2.43. The summed E-state index contributed by atoms with van der Waals surface area (Å²) < 4.78 is 0. The molecule has 2 aliphatic carbocycles. The lowest BCUT2D eigenvalue weighted by molar-refractivity contribution is -0.124. The van der Waals surface area contributed by atoms with Crippen LogP contribution in [0.1, 0.15) is 32.1 Å². The molecule has 0 aromatic rings. The van der Waals surface area contributed by atoms with Crippen molar-refractivity contribution in [2.24, 2.45) is 5.41 Å². The Morgan fingerprint density at radius 2 is 2.14 bits per heavy atom. The molecule has 4 heteroatoms. The van der Waals surface area contributed by atoms with E-state index in [2.05, 4.69) is 17.9 Å². The molecule has 0 aromatic carbocycles. The van der Waals surface area contributed by atoms with Crippen LogP contribution in [0.3, 0.4) is 0 Å². The molecule has 2 aliphatic rings. The molecule has 2 saturated carbocycles. The SMILES string of the molecule is O=C(CC1(CS)CC1)NC1CC(O)C1. The Balaban J connectivity index is 1.69. The number of nitrogens with one attached hydrogen (secondary N) is 1. The van der Waals surface area contributed by atoms with Gasteiger partial charge in [0.2, 0.25) is 5.91 Å². The number of amides is 1. The van der Waals surface area contributed by atoms with E-state index in [4.69, 9.17) is 5.11 Å². The van der Waals surface area contributed by atoms with E-state index in [1.165, 1.54) is 0 Å². The van der Waals surface area contributed by atoms with Crippen molar-refractivity contribution in [1.29, 1.82) is 0 Å². The molecule has 0 bridgehead atoms. The predicted molar refractivity (Wildman–Crippen MR) is 57.3 cm³/mol. The first-order valence-electron chi connectivity index (χ1n) is 5.22. The van der Waals surface area contributed by atoms with Crippen molar-refractivity contribution in [3.63, 3.8) is 0 Å². The maximum absolute atomic E-state index is 11.5. The zero-order valence-electron chi connectivity index (χ0n) is 8.20. The zero-order chi connectivity index (χ0) is 10.2. The number of thiol groups is 1. The van der Waals surface area contributed by atoms with E-state index in [-0.39, 0.29) is 23.5 Å². The summed E-state index contributed by atoms with van der Waals surface area (Å²) in [7, 11) is 0. The minimum absolute atomic E-state index is 0.133. The molecular weight excluding hydrogens is 198 g/mol. The van der Waals surface area contributed by atoms with Gasteiger partial charge in [0.25, 0.3) is 0 Å². The second-order valence-corrected chi connectivity index (χ2v) is 5.04. The summed E-state index contributed by atoms with van der Waals surface area (Å²) in [5, 5.41) is 12.0. The van der Waals surface area contributed by atoms with Gasteiger partial charge in [-0.25, -0.2) is 0 Å². The Morgan fingerprint density at radius 3 is 2.57 bits per heavy atom. The van der Waals surface area contributed by atoms with E-state index < -0.39 is 0 Å². The fraction of sp³-hybridized carbons (Fsp3) is 0.900. The molecule has 0 aliphatic heterocycles. The summed E-state index contributed by atoms with van der Waals surface area (Å²) in [6.07, 6.45) is 4.14. The van der Waals surface area contributed by atoms with Crippen LogP contribution in [0.2, 0.25) is 0 Å². The monoisotopic (exact) mass is 215 g/mol. The summed E-state index contributed by atoms with van der Waals surface area (Å²) in [4.78, 5) is 11.5. The van der Waals surface area contributed by atoms with Crippen molar-refractivity contribution >= 4 is 18.5 Å². The Bertz CT molecular complexity index is 234. The van der Waals surface area contributed by atoms with Crippen LogP contribution in [0.25, 0.3) is 0 Å². The van der Waals surface area contributed by atoms with Crippen molar-refractivity contribution in [1.82, 2.24) is 5.32 Å². The van der Waals surface area contributed by atoms with Gasteiger partial charge in [0.05, 0.1) is 6.10 Å². The molecule has 3 nitrogen and oxygen atoms in total. The number of carbonyl (C=O) groups is 1. The molecule has 2 fully saturated rings. The number of hydrogen-bond donors (Lipinski definition) is 3. The molecule has 0 unspecified atom stereocenters. The fourth-order valence-electron chi connectivity index (χ4n) is 1.89. The predicted octanol–water partition coefficient (Wildman–Crippen LogP) is 0.726. The molecule has 0 spiro atoms. The van der Waals surface area contributed by atoms with Gasteiger partial charge < -0.3 is 10.4 Å². The highest BCUT2D eigenvalue weighted by Crippen LogP contribution is 2.49. The second-order valence-electron chi connectivity index (χ2n) is 4.72. The van der Waals surface area contributed by atoms with Crippen molar-refractivity contribution < 1.29 is 9.90 Å². The highest BCUT2D eigenvalue weighted by molar-refractivity contribution is 7.80. The zero-order valence-corrected chi connectivity index (χ0v) is 9.09. The molecule has 0 aromatic heterocycles. The van der Waals surface area contributed by atoms with Gasteiger partial charge in [-0.3, -0.25) is 4.79 Å². The number of rotatable bonds is 4. The van der Waals surface area contributed by atoms with Crippen molar-refractivity contribution in [3.05, 3.63) is 0 Å². The van der Waals surface area contributed by atoms with E-state index in [0.29, 0.717) is 6.42 Å².